The summed E-state index contributed by atoms with van der Waals surface area (Å²) in [5, 5.41) is 3.02. The van der Waals surface area contributed by atoms with Gasteiger partial charge in [-0.05, 0) is 51.3 Å². The van der Waals surface area contributed by atoms with E-state index in [2.05, 4.69) is 15.0 Å². The minimum atomic E-state index is -0.0680. The summed E-state index contributed by atoms with van der Waals surface area (Å²) < 4.78 is 9.41. The number of nitrogens with one attached hydrogen (secondary N) is 1. The SMILES string of the molecule is CCCC(=O)Nc1cc(N(C=O)CC(C)OC)ccc1N1CCCC1.CCOC=O. The lowest BCUT2D eigenvalue weighted by molar-refractivity contribution is -0.128. The van der Waals surface area contributed by atoms with E-state index in [9.17, 15) is 14.4 Å². The van der Waals surface area contributed by atoms with Gasteiger partial charge in [0.2, 0.25) is 12.3 Å². The third-order valence-corrected chi connectivity index (χ3v) is 4.73. The zero-order valence-corrected chi connectivity index (χ0v) is 18.6. The Kier molecular flexibility index (Phi) is 12.2. The number of benzene rings is 1. The standard InChI is InChI=1S/C19H29N3O3.C3H6O2/c1-4-7-19(24)20-17-12-16(22(14-23)13-15(2)25-3)8-9-18(17)21-10-5-6-11-21;1-2-5-3-4/h8-9,12,14-15H,4-7,10-11,13H2,1-3H3,(H,20,24);3H,2H2,1H3. The van der Waals surface area contributed by atoms with Crippen molar-refractivity contribution in [2.45, 2.75) is 52.6 Å². The van der Waals surface area contributed by atoms with E-state index in [-0.39, 0.29) is 12.0 Å². The number of carbonyl (C=O) groups is 3. The first-order chi connectivity index (χ1) is 14.5. The highest BCUT2D eigenvalue weighted by Gasteiger charge is 2.19. The minimum Gasteiger partial charge on any atom is -0.468 e. The molecule has 168 valence electrons. The maximum Gasteiger partial charge on any atom is 0.293 e. The molecule has 1 atom stereocenters. The molecule has 0 bridgehead atoms. The Morgan fingerprint density at radius 2 is 1.97 bits per heavy atom. The summed E-state index contributed by atoms with van der Waals surface area (Å²) in [5.41, 5.74) is 2.56. The predicted octanol–water partition coefficient (Wildman–Crippen LogP) is 3.20. The molecule has 1 saturated heterocycles. The van der Waals surface area contributed by atoms with Gasteiger partial charge in [0.1, 0.15) is 0 Å². The topological polar surface area (TPSA) is 88.2 Å². The number of ether oxygens (including phenoxy) is 2. The lowest BCUT2D eigenvalue weighted by atomic mass is 10.2. The highest BCUT2D eigenvalue weighted by atomic mass is 16.5. The fourth-order valence-electron chi connectivity index (χ4n) is 3.11. The van der Waals surface area contributed by atoms with Crippen molar-refractivity contribution in [3.63, 3.8) is 0 Å². The Morgan fingerprint density at radius 1 is 1.27 bits per heavy atom. The summed E-state index contributed by atoms with van der Waals surface area (Å²) in [6, 6.07) is 5.81. The fourth-order valence-corrected chi connectivity index (χ4v) is 3.11. The average Bonchev–Trinajstić information content (AvgIpc) is 3.27. The molecular formula is C22H35N3O5. The number of methoxy groups -OCH3 is 1. The number of nitrogens with zero attached hydrogens (tertiary/aromatic N) is 2. The molecule has 1 aromatic rings. The first-order valence-electron chi connectivity index (χ1n) is 10.5. The number of hydrogen-bond acceptors (Lipinski definition) is 6. The molecule has 8 heteroatoms. The van der Waals surface area contributed by atoms with Gasteiger partial charge in [-0.3, -0.25) is 14.4 Å². The molecule has 0 radical (unpaired) electrons. The number of hydrogen-bond donors (Lipinski definition) is 1. The highest BCUT2D eigenvalue weighted by molar-refractivity contribution is 5.96. The van der Waals surface area contributed by atoms with Crippen LogP contribution < -0.4 is 15.1 Å². The number of anilines is 3. The van der Waals surface area contributed by atoms with Crippen LogP contribution in [0.15, 0.2) is 18.2 Å². The maximum absolute atomic E-state index is 12.1. The van der Waals surface area contributed by atoms with Crippen molar-refractivity contribution in [1.82, 2.24) is 0 Å². The summed E-state index contributed by atoms with van der Waals surface area (Å²) in [6.07, 6.45) is 4.35. The number of rotatable bonds is 11. The normalized spacial score (nSPS) is 13.7. The van der Waals surface area contributed by atoms with Gasteiger partial charge in [0.15, 0.2) is 0 Å². The quantitative estimate of drug-likeness (QED) is 0.552. The van der Waals surface area contributed by atoms with Gasteiger partial charge < -0.3 is 24.6 Å². The molecule has 1 aliphatic rings. The molecule has 1 unspecified atom stereocenters. The Hall–Kier alpha value is -2.61. The second-order valence-electron chi connectivity index (χ2n) is 7.05. The second-order valence-corrected chi connectivity index (χ2v) is 7.05. The van der Waals surface area contributed by atoms with E-state index in [1.54, 1.807) is 18.9 Å². The Labute approximate surface area is 179 Å². The zero-order valence-electron chi connectivity index (χ0n) is 18.6. The maximum atomic E-state index is 12.1. The largest absolute Gasteiger partial charge is 0.468 e. The smallest absolute Gasteiger partial charge is 0.293 e. The van der Waals surface area contributed by atoms with E-state index < -0.39 is 0 Å². The lowest BCUT2D eigenvalue weighted by Crippen LogP contribution is -2.31. The molecule has 1 N–H and O–H groups in total. The molecule has 1 aliphatic heterocycles. The van der Waals surface area contributed by atoms with Gasteiger partial charge in [-0.15, -0.1) is 0 Å². The van der Waals surface area contributed by atoms with Crippen LogP contribution in [-0.4, -0.2) is 58.2 Å². The first-order valence-corrected chi connectivity index (χ1v) is 10.5. The van der Waals surface area contributed by atoms with E-state index >= 15 is 0 Å². The van der Waals surface area contributed by atoms with Crippen LogP contribution in [0.2, 0.25) is 0 Å². The predicted molar refractivity (Wildman–Crippen MR) is 119 cm³/mol. The van der Waals surface area contributed by atoms with Crippen molar-refractivity contribution in [3.05, 3.63) is 18.2 Å². The summed E-state index contributed by atoms with van der Waals surface area (Å²) in [7, 11) is 1.63. The highest BCUT2D eigenvalue weighted by Crippen LogP contribution is 2.33. The summed E-state index contributed by atoms with van der Waals surface area (Å²) in [4.78, 5) is 36.7. The van der Waals surface area contributed by atoms with Crippen molar-refractivity contribution in [2.75, 3.05) is 48.5 Å². The molecule has 2 amide bonds. The van der Waals surface area contributed by atoms with E-state index in [0.717, 1.165) is 55.8 Å². The van der Waals surface area contributed by atoms with Crippen LogP contribution in [0.5, 0.6) is 0 Å². The van der Waals surface area contributed by atoms with Gasteiger partial charge in [0.05, 0.1) is 30.6 Å². The summed E-state index contributed by atoms with van der Waals surface area (Å²) >= 11 is 0. The molecule has 1 heterocycles. The first kappa shape index (κ1) is 25.4. The van der Waals surface area contributed by atoms with E-state index in [1.165, 1.54) is 0 Å². The minimum absolute atomic E-state index is 0.00279. The van der Waals surface area contributed by atoms with Crippen LogP contribution in [0.3, 0.4) is 0 Å². The van der Waals surface area contributed by atoms with Crippen LogP contribution in [-0.2, 0) is 23.9 Å². The molecular weight excluding hydrogens is 386 g/mol. The van der Waals surface area contributed by atoms with Crippen LogP contribution in [0.25, 0.3) is 0 Å². The molecule has 1 aromatic carbocycles. The monoisotopic (exact) mass is 421 g/mol. The Morgan fingerprint density at radius 3 is 2.47 bits per heavy atom. The van der Waals surface area contributed by atoms with Crippen LogP contribution in [0.4, 0.5) is 17.1 Å². The van der Waals surface area contributed by atoms with Gasteiger partial charge in [-0.1, -0.05) is 6.92 Å². The van der Waals surface area contributed by atoms with Crippen LogP contribution >= 0.6 is 0 Å². The van der Waals surface area contributed by atoms with Crippen molar-refractivity contribution < 1.29 is 23.9 Å². The Balaban J connectivity index is 0.000000804. The molecule has 1 fully saturated rings. The van der Waals surface area contributed by atoms with Gasteiger partial charge in [-0.25, -0.2) is 0 Å². The van der Waals surface area contributed by atoms with Crippen LogP contribution in [0, 0.1) is 0 Å². The number of carbonyl (C=O) groups excluding carboxylic acids is 3. The second kappa shape index (κ2) is 14.4. The van der Waals surface area contributed by atoms with Crippen LogP contribution in [0.1, 0.15) is 46.5 Å². The molecule has 30 heavy (non-hydrogen) atoms. The third kappa shape index (κ3) is 8.41. The summed E-state index contributed by atoms with van der Waals surface area (Å²) in [6.45, 7) is 9.02. The molecule has 2 rings (SSSR count). The van der Waals surface area contributed by atoms with E-state index in [4.69, 9.17) is 4.74 Å². The van der Waals surface area contributed by atoms with Gasteiger partial charge in [0.25, 0.3) is 6.47 Å². The number of amides is 2. The van der Waals surface area contributed by atoms with Crippen molar-refractivity contribution >= 4 is 35.9 Å². The molecule has 0 spiro atoms. The van der Waals surface area contributed by atoms with E-state index in [0.29, 0.717) is 26.0 Å². The molecule has 0 aromatic heterocycles. The van der Waals surface area contributed by atoms with Gasteiger partial charge in [-0.2, -0.15) is 0 Å². The van der Waals surface area contributed by atoms with E-state index in [1.807, 2.05) is 32.0 Å². The Bertz CT molecular complexity index is 662. The third-order valence-electron chi connectivity index (χ3n) is 4.73. The van der Waals surface area contributed by atoms with Crippen molar-refractivity contribution in [2.24, 2.45) is 0 Å². The zero-order chi connectivity index (χ0) is 22.4. The average molecular weight is 422 g/mol. The van der Waals surface area contributed by atoms with Crippen molar-refractivity contribution in [1.29, 1.82) is 0 Å². The fraction of sp³-hybridized carbons (Fsp3) is 0.591. The van der Waals surface area contributed by atoms with Crippen molar-refractivity contribution in [3.8, 4) is 0 Å². The summed E-state index contributed by atoms with van der Waals surface area (Å²) in [5.74, 6) is 0.00279. The molecule has 0 saturated carbocycles. The van der Waals surface area contributed by atoms with Gasteiger partial charge in [0, 0.05) is 32.3 Å². The molecule has 0 aliphatic carbocycles. The lowest BCUT2D eigenvalue weighted by Gasteiger charge is -2.25. The molecule has 8 nitrogen and oxygen atoms in total. The van der Waals surface area contributed by atoms with Gasteiger partial charge >= 0.3 is 0 Å².